The molecule has 3 nitrogen and oxygen atoms in total. The van der Waals surface area contributed by atoms with Crippen molar-refractivity contribution in [1.82, 2.24) is 9.27 Å². The lowest BCUT2D eigenvalue weighted by molar-refractivity contribution is 0.208. The van der Waals surface area contributed by atoms with Gasteiger partial charge in [-0.25, -0.2) is 0 Å². The molecule has 1 aromatic rings. The first-order chi connectivity index (χ1) is 9.66. The topological polar surface area (TPSA) is 19.4 Å². The third-order valence-electron chi connectivity index (χ3n) is 4.89. The van der Waals surface area contributed by atoms with Crippen LogP contribution >= 0.6 is 11.5 Å². The summed E-state index contributed by atoms with van der Waals surface area (Å²) in [5.74, 6) is 0.544. The predicted molar refractivity (Wildman–Crippen MR) is 87.0 cm³/mol. The average Bonchev–Trinajstić information content (AvgIpc) is 3.08. The van der Waals surface area contributed by atoms with Gasteiger partial charge in [-0.3, -0.25) is 0 Å². The van der Waals surface area contributed by atoms with Crippen LogP contribution in [0, 0.1) is 6.92 Å². The summed E-state index contributed by atoms with van der Waals surface area (Å²) in [6, 6.07) is 0.839. The van der Waals surface area contributed by atoms with E-state index in [0.29, 0.717) is 5.92 Å². The van der Waals surface area contributed by atoms with Crippen molar-refractivity contribution < 1.29 is 0 Å². The summed E-state index contributed by atoms with van der Waals surface area (Å²) >= 11 is 1.71. The van der Waals surface area contributed by atoms with Crippen LogP contribution < -0.4 is 4.90 Å². The van der Waals surface area contributed by atoms with E-state index in [1.54, 1.807) is 11.5 Å². The van der Waals surface area contributed by atoms with Crippen LogP contribution in [-0.2, 0) is 0 Å². The largest absolute Gasteiger partial charge is 0.362 e. The molecular weight excluding hydrogens is 266 g/mol. The summed E-state index contributed by atoms with van der Waals surface area (Å²) in [6.07, 6.45) is 5.47. The van der Waals surface area contributed by atoms with Gasteiger partial charge in [-0.15, -0.1) is 0 Å². The smallest absolute Gasteiger partial charge is 0.115 e. The van der Waals surface area contributed by atoms with Gasteiger partial charge in [-0.1, -0.05) is 13.8 Å². The number of nitrogens with zero attached hydrogens (tertiary/aromatic N) is 3. The highest BCUT2D eigenvalue weighted by Crippen LogP contribution is 2.34. The summed E-state index contributed by atoms with van der Waals surface area (Å²) in [5.41, 5.74) is 2.72. The molecule has 0 aliphatic carbocycles. The van der Waals surface area contributed by atoms with Crippen molar-refractivity contribution in [2.75, 3.05) is 31.1 Å². The Morgan fingerprint density at radius 1 is 1.10 bits per heavy atom. The highest BCUT2D eigenvalue weighted by molar-refractivity contribution is 7.10. The molecule has 0 N–H and O–H groups in total. The lowest BCUT2D eigenvalue weighted by atomic mass is 10.0. The fourth-order valence-corrected chi connectivity index (χ4v) is 4.79. The molecule has 112 valence electrons. The van der Waals surface area contributed by atoms with Crippen LogP contribution in [0.1, 0.15) is 56.7 Å². The van der Waals surface area contributed by atoms with Crippen molar-refractivity contribution in [2.24, 2.45) is 0 Å². The molecule has 0 spiro atoms. The zero-order valence-electron chi connectivity index (χ0n) is 13.1. The minimum atomic E-state index is 0.544. The van der Waals surface area contributed by atoms with E-state index in [0.717, 1.165) is 6.04 Å². The van der Waals surface area contributed by atoms with Crippen molar-refractivity contribution in [2.45, 2.75) is 58.4 Å². The van der Waals surface area contributed by atoms with Crippen LogP contribution in [0.3, 0.4) is 0 Å². The van der Waals surface area contributed by atoms with Crippen molar-refractivity contribution >= 4 is 16.5 Å². The molecule has 0 saturated carbocycles. The number of hydrogen-bond acceptors (Lipinski definition) is 4. The number of rotatable bonds is 3. The zero-order chi connectivity index (χ0) is 14.1. The lowest BCUT2D eigenvalue weighted by Crippen LogP contribution is -2.43. The Kier molecular flexibility index (Phi) is 4.32. The van der Waals surface area contributed by atoms with Crippen molar-refractivity contribution in [3.8, 4) is 0 Å². The van der Waals surface area contributed by atoms with E-state index in [1.807, 2.05) is 0 Å². The van der Waals surface area contributed by atoms with Crippen LogP contribution in [0.4, 0.5) is 5.00 Å². The summed E-state index contributed by atoms with van der Waals surface area (Å²) in [5, 5.41) is 1.42. The minimum Gasteiger partial charge on any atom is -0.362 e. The van der Waals surface area contributed by atoms with Crippen molar-refractivity contribution in [3.05, 3.63) is 11.3 Å². The van der Waals surface area contributed by atoms with E-state index < -0.39 is 0 Å². The van der Waals surface area contributed by atoms with E-state index in [9.17, 15) is 0 Å². The van der Waals surface area contributed by atoms with Gasteiger partial charge < -0.3 is 9.80 Å². The highest BCUT2D eigenvalue weighted by atomic mass is 32.1. The Bertz CT molecular complexity index is 441. The maximum absolute atomic E-state index is 4.68. The van der Waals surface area contributed by atoms with E-state index >= 15 is 0 Å². The second-order valence-corrected chi connectivity index (χ2v) is 7.37. The Morgan fingerprint density at radius 2 is 1.75 bits per heavy atom. The van der Waals surface area contributed by atoms with Gasteiger partial charge in [0, 0.05) is 24.7 Å². The molecule has 0 amide bonds. The van der Waals surface area contributed by atoms with Gasteiger partial charge in [-0.05, 0) is 63.1 Å². The fourth-order valence-electron chi connectivity index (χ4n) is 3.71. The predicted octanol–water partition coefficient (Wildman–Crippen LogP) is 3.64. The van der Waals surface area contributed by atoms with Crippen LogP contribution in [0.5, 0.6) is 0 Å². The molecule has 3 heterocycles. The molecule has 2 aliphatic heterocycles. The first-order valence-corrected chi connectivity index (χ1v) is 8.89. The maximum Gasteiger partial charge on any atom is 0.115 e. The molecule has 0 radical (unpaired) electrons. The number of aromatic nitrogens is 1. The molecule has 0 aromatic carbocycles. The van der Waals surface area contributed by atoms with Crippen LogP contribution in [0.2, 0.25) is 0 Å². The molecule has 0 atom stereocenters. The fraction of sp³-hybridized carbons (Fsp3) is 0.812. The molecule has 4 heteroatoms. The van der Waals surface area contributed by atoms with Crippen molar-refractivity contribution in [3.63, 3.8) is 0 Å². The van der Waals surface area contributed by atoms with E-state index in [1.165, 1.54) is 68.1 Å². The van der Waals surface area contributed by atoms with Crippen LogP contribution in [0.25, 0.3) is 0 Å². The number of anilines is 1. The van der Waals surface area contributed by atoms with E-state index in [2.05, 4.69) is 34.9 Å². The molecule has 2 fully saturated rings. The SMILES string of the molecule is Cc1c(C(C)C)nsc1N1CCC(N2CCCC2)CC1. The van der Waals surface area contributed by atoms with Gasteiger partial charge in [0.05, 0.1) is 5.69 Å². The average molecular weight is 293 g/mol. The lowest BCUT2D eigenvalue weighted by Gasteiger charge is -2.37. The van der Waals surface area contributed by atoms with E-state index in [-0.39, 0.29) is 0 Å². The minimum absolute atomic E-state index is 0.544. The highest BCUT2D eigenvalue weighted by Gasteiger charge is 2.28. The van der Waals surface area contributed by atoms with Gasteiger partial charge >= 0.3 is 0 Å². The van der Waals surface area contributed by atoms with Gasteiger partial charge in [0.1, 0.15) is 5.00 Å². The van der Waals surface area contributed by atoms with Gasteiger partial charge in [0.25, 0.3) is 0 Å². The number of hydrogen-bond donors (Lipinski definition) is 0. The number of likely N-dealkylation sites (tertiary alicyclic amines) is 1. The number of piperidine rings is 1. The molecule has 1 aromatic heterocycles. The third-order valence-corrected chi connectivity index (χ3v) is 5.92. The molecule has 3 rings (SSSR count). The van der Waals surface area contributed by atoms with Crippen molar-refractivity contribution in [1.29, 1.82) is 0 Å². The normalized spacial score (nSPS) is 22.1. The Morgan fingerprint density at radius 3 is 2.30 bits per heavy atom. The van der Waals surface area contributed by atoms with Crippen LogP contribution in [-0.4, -0.2) is 41.5 Å². The van der Waals surface area contributed by atoms with Crippen LogP contribution in [0.15, 0.2) is 0 Å². The quantitative estimate of drug-likeness (QED) is 0.848. The second-order valence-electron chi connectivity index (χ2n) is 6.61. The Hall–Kier alpha value is -0.610. The summed E-state index contributed by atoms with van der Waals surface area (Å²) in [6.45, 7) is 11.8. The van der Waals surface area contributed by atoms with E-state index in [4.69, 9.17) is 0 Å². The second kappa shape index (κ2) is 6.02. The molecule has 20 heavy (non-hydrogen) atoms. The Balaban J connectivity index is 1.63. The third kappa shape index (κ3) is 2.73. The molecular formula is C16H27N3S. The van der Waals surface area contributed by atoms with Gasteiger partial charge in [0.15, 0.2) is 0 Å². The standard InChI is InChI=1S/C16H27N3S/c1-12(2)15-13(3)16(20-17-15)19-10-6-14(7-11-19)18-8-4-5-9-18/h12,14H,4-11H2,1-3H3. The summed E-state index contributed by atoms with van der Waals surface area (Å²) in [7, 11) is 0. The molecule has 0 bridgehead atoms. The summed E-state index contributed by atoms with van der Waals surface area (Å²) in [4.78, 5) is 5.29. The first-order valence-electron chi connectivity index (χ1n) is 8.12. The molecule has 2 aliphatic rings. The van der Waals surface area contributed by atoms with Gasteiger partial charge in [-0.2, -0.15) is 4.37 Å². The zero-order valence-corrected chi connectivity index (χ0v) is 13.9. The first kappa shape index (κ1) is 14.3. The maximum atomic E-state index is 4.68. The monoisotopic (exact) mass is 293 g/mol. The Labute approximate surface area is 127 Å². The summed E-state index contributed by atoms with van der Waals surface area (Å²) < 4.78 is 4.68. The molecule has 2 saturated heterocycles. The van der Waals surface area contributed by atoms with Gasteiger partial charge in [0.2, 0.25) is 0 Å². The molecule has 0 unspecified atom stereocenters.